The first kappa shape index (κ1) is 28.4. The third-order valence-corrected chi connectivity index (χ3v) is 10.3. The molecule has 11 heteroatoms. The van der Waals surface area contributed by atoms with E-state index in [2.05, 4.69) is 80.3 Å². The van der Waals surface area contributed by atoms with E-state index < -0.39 is 0 Å². The second kappa shape index (κ2) is 11.4. The third-order valence-electron chi connectivity index (χ3n) is 9.25. The van der Waals surface area contributed by atoms with Gasteiger partial charge in [-0.1, -0.05) is 59.9 Å². The van der Waals surface area contributed by atoms with Crippen LogP contribution in [-0.4, -0.2) is 64.0 Å². The van der Waals surface area contributed by atoms with Gasteiger partial charge in [0.25, 0.3) is 0 Å². The van der Waals surface area contributed by atoms with Crippen LogP contribution < -0.4 is 0 Å². The number of hydrogen-bond acceptors (Lipinski definition) is 6. The van der Waals surface area contributed by atoms with E-state index in [0.717, 1.165) is 99.6 Å². The standard InChI is InChI=1S/C35H34N8O2S/c1-21(44)42-15-3-5-30(42)33-36-17-27(38-33)23-7-9-25(10-8-23)29-19-41-20-32(46-35(41)40-29)26-13-11-24(12-14-26)28-18-37-34(39-28)31-6-4-16-43(31)22(2)45/h7-14,17-20,30-31H,3-6,15-16H2,1-2H3,(H,36,38)(H,37,39)/t30?,31-/m0/s1. The number of rotatable bonds is 6. The summed E-state index contributed by atoms with van der Waals surface area (Å²) >= 11 is 1.66. The highest BCUT2D eigenvalue weighted by molar-refractivity contribution is 7.20. The lowest BCUT2D eigenvalue weighted by atomic mass is 10.1. The predicted octanol–water partition coefficient (Wildman–Crippen LogP) is 6.88. The van der Waals surface area contributed by atoms with Gasteiger partial charge in [-0.05, 0) is 36.8 Å². The molecule has 10 nitrogen and oxygen atoms in total. The second-order valence-electron chi connectivity index (χ2n) is 12.2. The summed E-state index contributed by atoms with van der Waals surface area (Å²) in [5, 5.41) is 0. The van der Waals surface area contributed by atoms with Gasteiger partial charge in [0.05, 0.1) is 40.2 Å². The zero-order valence-corrected chi connectivity index (χ0v) is 26.6. The molecule has 2 aliphatic rings. The molecular formula is C35H34N8O2S. The number of amides is 2. The lowest BCUT2D eigenvalue weighted by molar-refractivity contribution is -0.130. The Kier molecular flexibility index (Phi) is 7.05. The number of likely N-dealkylation sites (tertiary alicyclic amines) is 2. The van der Waals surface area contributed by atoms with E-state index in [1.165, 1.54) is 0 Å². The van der Waals surface area contributed by atoms with Crippen molar-refractivity contribution in [1.29, 1.82) is 0 Å². The van der Waals surface area contributed by atoms with Crippen molar-refractivity contribution in [3.05, 3.63) is 85.0 Å². The molecule has 0 bridgehead atoms. The number of hydrogen-bond donors (Lipinski definition) is 2. The average molecular weight is 631 g/mol. The normalized spacial score (nSPS) is 18.2. The lowest BCUT2D eigenvalue weighted by Crippen LogP contribution is -2.28. The van der Waals surface area contributed by atoms with Crippen LogP contribution in [0.3, 0.4) is 0 Å². The Morgan fingerprint density at radius 1 is 0.761 bits per heavy atom. The Balaban J connectivity index is 0.957. The minimum Gasteiger partial charge on any atom is -0.346 e. The molecule has 0 aliphatic carbocycles. The van der Waals surface area contributed by atoms with E-state index in [1.54, 1.807) is 25.2 Å². The van der Waals surface area contributed by atoms with E-state index >= 15 is 0 Å². The van der Waals surface area contributed by atoms with Crippen molar-refractivity contribution in [1.82, 2.24) is 39.1 Å². The summed E-state index contributed by atoms with van der Waals surface area (Å²) in [4.78, 5) is 51.0. The molecule has 2 saturated heterocycles. The molecule has 0 spiro atoms. The molecule has 2 aromatic carbocycles. The number of H-pyrrole nitrogens is 2. The quantitative estimate of drug-likeness (QED) is 0.208. The number of thiazole rings is 1. The molecule has 2 fully saturated rings. The first-order chi connectivity index (χ1) is 22.4. The molecule has 2 atom stereocenters. The monoisotopic (exact) mass is 630 g/mol. The van der Waals surface area contributed by atoms with Crippen LogP contribution in [-0.2, 0) is 9.59 Å². The smallest absolute Gasteiger partial charge is 0.220 e. The van der Waals surface area contributed by atoms with Crippen LogP contribution in [0.15, 0.2) is 73.3 Å². The van der Waals surface area contributed by atoms with Gasteiger partial charge in [-0.3, -0.25) is 14.0 Å². The number of fused-ring (bicyclic) bond motifs is 1. The van der Waals surface area contributed by atoms with Crippen molar-refractivity contribution in [2.24, 2.45) is 0 Å². The maximum atomic E-state index is 12.0. The summed E-state index contributed by atoms with van der Waals surface area (Å²) in [5.74, 6) is 1.90. The fourth-order valence-corrected chi connectivity index (χ4v) is 7.83. The number of carbonyl (C=O) groups excluding carboxylic acids is 2. The van der Waals surface area contributed by atoms with Crippen LogP contribution in [0.5, 0.6) is 0 Å². The third kappa shape index (κ3) is 5.10. The minimum atomic E-state index is 0.0268. The topological polar surface area (TPSA) is 115 Å². The van der Waals surface area contributed by atoms with E-state index in [4.69, 9.17) is 9.97 Å². The maximum Gasteiger partial charge on any atom is 0.220 e. The molecule has 0 saturated carbocycles. The van der Waals surface area contributed by atoms with Gasteiger partial charge in [0.1, 0.15) is 11.6 Å². The maximum absolute atomic E-state index is 12.0. The summed E-state index contributed by atoms with van der Waals surface area (Å²) in [5.41, 5.74) is 7.01. The number of carbonyl (C=O) groups is 2. The zero-order valence-electron chi connectivity index (χ0n) is 25.7. The zero-order chi connectivity index (χ0) is 31.4. The Morgan fingerprint density at radius 2 is 1.37 bits per heavy atom. The van der Waals surface area contributed by atoms with Gasteiger partial charge in [0.15, 0.2) is 4.96 Å². The molecule has 0 radical (unpaired) electrons. The van der Waals surface area contributed by atoms with Gasteiger partial charge in [-0.2, -0.15) is 0 Å². The number of nitrogens with zero attached hydrogens (tertiary/aromatic N) is 6. The average Bonchev–Trinajstić information content (AvgIpc) is 3.90. The predicted molar refractivity (Wildman–Crippen MR) is 178 cm³/mol. The summed E-state index contributed by atoms with van der Waals surface area (Å²) in [6.07, 6.45) is 11.9. The number of imidazole rings is 3. The highest BCUT2D eigenvalue weighted by Gasteiger charge is 2.31. The van der Waals surface area contributed by atoms with Crippen LogP contribution >= 0.6 is 11.3 Å². The Morgan fingerprint density at radius 3 is 2.02 bits per heavy atom. The molecule has 2 amide bonds. The summed E-state index contributed by atoms with van der Waals surface area (Å²) in [6.45, 7) is 4.83. The molecule has 6 heterocycles. The number of benzene rings is 2. The van der Waals surface area contributed by atoms with Crippen molar-refractivity contribution >= 4 is 28.1 Å². The van der Waals surface area contributed by atoms with E-state index in [-0.39, 0.29) is 23.9 Å². The molecular weight excluding hydrogens is 597 g/mol. The van der Waals surface area contributed by atoms with Gasteiger partial charge in [0, 0.05) is 56.7 Å². The van der Waals surface area contributed by atoms with E-state index in [9.17, 15) is 9.59 Å². The van der Waals surface area contributed by atoms with E-state index in [1.807, 2.05) is 22.2 Å². The van der Waals surface area contributed by atoms with E-state index in [0.29, 0.717) is 0 Å². The summed E-state index contributed by atoms with van der Waals surface area (Å²) < 4.78 is 2.09. The largest absolute Gasteiger partial charge is 0.346 e. The number of aromatic nitrogens is 6. The lowest BCUT2D eigenvalue weighted by Gasteiger charge is -2.21. The summed E-state index contributed by atoms with van der Waals surface area (Å²) in [7, 11) is 0. The van der Waals surface area contributed by atoms with Crippen LogP contribution in [0.1, 0.15) is 63.3 Å². The van der Waals surface area contributed by atoms with Crippen molar-refractivity contribution in [3.8, 4) is 44.2 Å². The fourth-order valence-electron chi connectivity index (χ4n) is 6.86. The Hall–Kier alpha value is -5.03. The highest BCUT2D eigenvalue weighted by atomic mass is 32.1. The van der Waals surface area contributed by atoms with Crippen molar-refractivity contribution in [3.63, 3.8) is 0 Å². The Labute approximate surface area is 270 Å². The first-order valence-electron chi connectivity index (χ1n) is 15.8. The van der Waals surface area contributed by atoms with Crippen LogP contribution in [0.2, 0.25) is 0 Å². The van der Waals surface area contributed by atoms with Crippen molar-refractivity contribution in [2.45, 2.75) is 51.6 Å². The number of nitrogens with one attached hydrogen (secondary N) is 2. The Bertz CT molecular complexity index is 1880. The van der Waals surface area contributed by atoms with Crippen molar-refractivity contribution < 1.29 is 9.59 Å². The van der Waals surface area contributed by atoms with Crippen molar-refractivity contribution in [2.75, 3.05) is 13.1 Å². The van der Waals surface area contributed by atoms with Gasteiger partial charge in [-0.25, -0.2) is 15.0 Å². The SMILES string of the molecule is CC(=O)N1CCCC1c1nc(-c2ccc(-c3cn4cc(-c5ccc(-c6cnc([C@@H]7CCCN7C(C)=O)[nH]6)cc5)sc4n3)cc2)c[nH]1. The molecule has 8 rings (SSSR count). The molecule has 46 heavy (non-hydrogen) atoms. The number of aromatic amines is 2. The highest BCUT2D eigenvalue weighted by Crippen LogP contribution is 2.35. The minimum absolute atomic E-state index is 0.0268. The van der Waals surface area contributed by atoms with Crippen LogP contribution in [0.25, 0.3) is 49.2 Å². The van der Waals surface area contributed by atoms with Gasteiger partial charge in [-0.15, -0.1) is 0 Å². The van der Waals surface area contributed by atoms with Crippen LogP contribution in [0, 0.1) is 0 Å². The second-order valence-corrected chi connectivity index (χ2v) is 13.2. The molecule has 4 aromatic heterocycles. The van der Waals surface area contributed by atoms with Crippen LogP contribution in [0.4, 0.5) is 0 Å². The molecule has 232 valence electrons. The molecule has 2 aliphatic heterocycles. The molecule has 2 N–H and O–H groups in total. The molecule has 1 unspecified atom stereocenters. The summed E-state index contributed by atoms with van der Waals surface area (Å²) in [6, 6.07) is 16.8. The fraction of sp³-hybridized carbons (Fsp3) is 0.286. The van der Waals surface area contributed by atoms with Gasteiger partial charge in [0.2, 0.25) is 11.8 Å². The van der Waals surface area contributed by atoms with Gasteiger partial charge < -0.3 is 19.8 Å². The van der Waals surface area contributed by atoms with Gasteiger partial charge >= 0.3 is 0 Å². The molecule has 6 aromatic rings. The first-order valence-corrected chi connectivity index (χ1v) is 16.6.